The zero-order chi connectivity index (χ0) is 18.5. The van der Waals surface area contributed by atoms with Gasteiger partial charge in [0.2, 0.25) is 0 Å². The molecule has 26 heavy (non-hydrogen) atoms. The maximum absolute atomic E-state index is 12.6. The smallest absolute Gasteiger partial charge is 0.274 e. The first-order valence-corrected chi connectivity index (χ1v) is 8.77. The normalized spacial score (nSPS) is 15.6. The molecule has 1 fully saturated rings. The van der Waals surface area contributed by atoms with Crippen LogP contribution in [0.5, 0.6) is 0 Å². The molecular weight excluding hydrogens is 338 g/mol. The molecule has 9 nitrogen and oxygen atoms in total. The van der Waals surface area contributed by atoms with Crippen molar-refractivity contribution in [2.75, 3.05) is 33.4 Å². The van der Waals surface area contributed by atoms with Gasteiger partial charge in [0.15, 0.2) is 11.5 Å². The molecule has 3 rings (SSSR count). The SMILES string of the molecule is COCCOCc1nc(C2CCN(C(=O)c3cc(C)n(C)n3)CC2)no1. The Morgan fingerprint density at radius 1 is 1.35 bits per heavy atom. The topological polar surface area (TPSA) is 95.5 Å². The van der Waals surface area contributed by atoms with E-state index in [1.54, 1.807) is 11.8 Å². The maximum Gasteiger partial charge on any atom is 0.274 e. The number of amides is 1. The number of likely N-dealkylation sites (tertiary alicyclic amines) is 1. The zero-order valence-corrected chi connectivity index (χ0v) is 15.5. The largest absolute Gasteiger partial charge is 0.382 e. The first-order chi connectivity index (χ1) is 12.6. The molecule has 0 aliphatic carbocycles. The summed E-state index contributed by atoms with van der Waals surface area (Å²) in [4.78, 5) is 18.8. The lowest BCUT2D eigenvalue weighted by atomic mass is 9.96. The van der Waals surface area contributed by atoms with Gasteiger partial charge in [0, 0.05) is 38.9 Å². The predicted octanol–water partition coefficient (Wildman–Crippen LogP) is 1.29. The molecule has 9 heteroatoms. The molecule has 2 aromatic heterocycles. The number of ether oxygens (including phenoxy) is 2. The van der Waals surface area contributed by atoms with Gasteiger partial charge in [-0.2, -0.15) is 10.1 Å². The fourth-order valence-corrected chi connectivity index (χ4v) is 2.96. The van der Waals surface area contributed by atoms with Gasteiger partial charge in [-0.3, -0.25) is 9.48 Å². The molecule has 0 spiro atoms. The van der Waals surface area contributed by atoms with E-state index < -0.39 is 0 Å². The van der Waals surface area contributed by atoms with Crippen LogP contribution in [0.25, 0.3) is 0 Å². The van der Waals surface area contributed by atoms with Gasteiger partial charge in [-0.05, 0) is 25.8 Å². The summed E-state index contributed by atoms with van der Waals surface area (Å²) in [5.41, 5.74) is 1.47. The second-order valence-electron chi connectivity index (χ2n) is 6.45. The molecule has 0 radical (unpaired) electrons. The first kappa shape index (κ1) is 18.5. The molecule has 1 aliphatic rings. The van der Waals surface area contributed by atoms with E-state index in [9.17, 15) is 4.79 Å². The Morgan fingerprint density at radius 3 is 2.77 bits per heavy atom. The maximum atomic E-state index is 12.6. The lowest BCUT2D eigenvalue weighted by Gasteiger charge is -2.30. The van der Waals surface area contributed by atoms with Crippen LogP contribution in [0.2, 0.25) is 0 Å². The van der Waals surface area contributed by atoms with Crippen molar-refractivity contribution in [2.45, 2.75) is 32.3 Å². The van der Waals surface area contributed by atoms with E-state index >= 15 is 0 Å². The van der Waals surface area contributed by atoms with Crippen LogP contribution >= 0.6 is 0 Å². The summed E-state index contributed by atoms with van der Waals surface area (Å²) in [7, 11) is 3.46. The number of aryl methyl sites for hydroxylation is 2. The lowest BCUT2D eigenvalue weighted by Crippen LogP contribution is -2.38. The minimum atomic E-state index is -0.0208. The van der Waals surface area contributed by atoms with E-state index in [1.165, 1.54) is 0 Å². The molecule has 2 aromatic rings. The molecule has 0 aromatic carbocycles. The van der Waals surface area contributed by atoms with Crippen molar-refractivity contribution in [3.63, 3.8) is 0 Å². The van der Waals surface area contributed by atoms with Gasteiger partial charge < -0.3 is 18.9 Å². The summed E-state index contributed by atoms with van der Waals surface area (Å²) in [6, 6.07) is 1.82. The van der Waals surface area contributed by atoms with E-state index in [-0.39, 0.29) is 18.4 Å². The highest BCUT2D eigenvalue weighted by Crippen LogP contribution is 2.26. The molecule has 1 aliphatic heterocycles. The highest BCUT2D eigenvalue weighted by molar-refractivity contribution is 5.92. The van der Waals surface area contributed by atoms with Gasteiger partial charge in [0.25, 0.3) is 11.8 Å². The fraction of sp³-hybridized carbons (Fsp3) is 0.647. The van der Waals surface area contributed by atoms with Crippen molar-refractivity contribution in [1.29, 1.82) is 0 Å². The molecule has 142 valence electrons. The summed E-state index contributed by atoms with van der Waals surface area (Å²) < 4.78 is 17.3. The Bertz CT molecular complexity index is 714. The van der Waals surface area contributed by atoms with E-state index in [4.69, 9.17) is 14.0 Å². The number of nitrogens with zero attached hydrogens (tertiary/aromatic N) is 5. The van der Waals surface area contributed by atoms with Crippen molar-refractivity contribution in [1.82, 2.24) is 24.8 Å². The number of piperidine rings is 1. The molecule has 3 heterocycles. The Kier molecular flexibility index (Phi) is 6.00. The number of rotatable bonds is 7. The standard InChI is InChI=1S/C17H25N5O4/c1-12-10-14(19-21(12)2)17(23)22-6-4-13(5-7-22)16-18-15(26-20-16)11-25-9-8-24-3/h10,13H,4-9,11H2,1-3H3. The Labute approximate surface area is 152 Å². The monoisotopic (exact) mass is 363 g/mol. The molecule has 0 saturated carbocycles. The van der Waals surface area contributed by atoms with Crippen LogP contribution in [0.3, 0.4) is 0 Å². The summed E-state index contributed by atoms with van der Waals surface area (Å²) in [6.45, 7) is 4.56. The number of carbonyl (C=O) groups excluding carboxylic acids is 1. The number of hydrogen-bond donors (Lipinski definition) is 0. The van der Waals surface area contributed by atoms with Crippen molar-refractivity contribution in [3.05, 3.63) is 29.2 Å². The van der Waals surface area contributed by atoms with Crippen LogP contribution in [-0.4, -0.2) is 64.1 Å². The molecule has 1 saturated heterocycles. The minimum absolute atomic E-state index is 0.0208. The lowest BCUT2D eigenvalue weighted by molar-refractivity contribution is 0.0494. The summed E-state index contributed by atoms with van der Waals surface area (Å²) in [5, 5.41) is 8.34. The van der Waals surface area contributed by atoms with Crippen LogP contribution in [0, 0.1) is 6.92 Å². The molecular formula is C17H25N5O4. The van der Waals surface area contributed by atoms with Gasteiger partial charge in [0.1, 0.15) is 6.61 Å². The highest BCUT2D eigenvalue weighted by Gasteiger charge is 2.28. The quantitative estimate of drug-likeness (QED) is 0.684. The second-order valence-corrected chi connectivity index (χ2v) is 6.45. The summed E-state index contributed by atoms with van der Waals surface area (Å²) in [5.74, 6) is 1.34. The van der Waals surface area contributed by atoms with E-state index in [1.807, 2.05) is 24.9 Å². The van der Waals surface area contributed by atoms with Gasteiger partial charge in [-0.15, -0.1) is 0 Å². The number of carbonyl (C=O) groups is 1. The predicted molar refractivity (Wildman–Crippen MR) is 91.7 cm³/mol. The third kappa shape index (κ3) is 4.28. The summed E-state index contributed by atoms with van der Waals surface area (Å²) in [6.07, 6.45) is 1.61. The zero-order valence-electron chi connectivity index (χ0n) is 15.5. The molecule has 0 unspecified atom stereocenters. The third-order valence-electron chi connectivity index (χ3n) is 4.62. The first-order valence-electron chi connectivity index (χ1n) is 8.77. The van der Waals surface area contributed by atoms with E-state index in [0.29, 0.717) is 43.7 Å². The Balaban J connectivity index is 1.50. The van der Waals surface area contributed by atoms with Crippen LogP contribution in [-0.2, 0) is 23.1 Å². The van der Waals surface area contributed by atoms with Gasteiger partial charge in [-0.1, -0.05) is 5.16 Å². The van der Waals surface area contributed by atoms with E-state index in [2.05, 4.69) is 15.2 Å². The second kappa shape index (κ2) is 8.41. The Hall–Kier alpha value is -2.26. The van der Waals surface area contributed by atoms with E-state index in [0.717, 1.165) is 18.5 Å². The highest BCUT2D eigenvalue weighted by atomic mass is 16.5. The Morgan fingerprint density at radius 2 is 2.12 bits per heavy atom. The van der Waals surface area contributed by atoms with Crippen molar-refractivity contribution >= 4 is 5.91 Å². The van der Waals surface area contributed by atoms with Gasteiger partial charge in [-0.25, -0.2) is 0 Å². The van der Waals surface area contributed by atoms with Crippen molar-refractivity contribution in [2.24, 2.45) is 7.05 Å². The van der Waals surface area contributed by atoms with Crippen LogP contribution in [0.1, 0.15) is 46.7 Å². The molecule has 1 amide bonds. The molecule has 0 bridgehead atoms. The van der Waals surface area contributed by atoms with Crippen LogP contribution in [0.15, 0.2) is 10.6 Å². The third-order valence-corrected chi connectivity index (χ3v) is 4.62. The van der Waals surface area contributed by atoms with Gasteiger partial charge >= 0.3 is 0 Å². The van der Waals surface area contributed by atoms with Crippen molar-refractivity contribution in [3.8, 4) is 0 Å². The number of aromatic nitrogens is 4. The minimum Gasteiger partial charge on any atom is -0.382 e. The van der Waals surface area contributed by atoms with Gasteiger partial charge in [0.05, 0.1) is 13.2 Å². The summed E-state index contributed by atoms with van der Waals surface area (Å²) >= 11 is 0. The number of methoxy groups -OCH3 is 1. The number of hydrogen-bond acceptors (Lipinski definition) is 7. The van der Waals surface area contributed by atoms with Crippen molar-refractivity contribution < 1.29 is 18.8 Å². The molecule has 0 N–H and O–H groups in total. The van der Waals surface area contributed by atoms with Crippen LogP contribution < -0.4 is 0 Å². The fourth-order valence-electron chi connectivity index (χ4n) is 2.96. The average Bonchev–Trinajstić information content (AvgIpc) is 3.25. The van der Waals surface area contributed by atoms with Crippen LogP contribution in [0.4, 0.5) is 0 Å². The average molecular weight is 363 g/mol. The molecule has 0 atom stereocenters.